The minimum atomic E-state index is 0.671. The van der Waals surface area contributed by atoms with Crippen LogP contribution in [-0.2, 0) is 4.74 Å². The molecule has 0 unspecified atom stereocenters. The van der Waals surface area contributed by atoms with Gasteiger partial charge in [0.2, 0.25) is 0 Å². The van der Waals surface area contributed by atoms with Crippen LogP contribution in [0.4, 0.5) is 5.69 Å². The van der Waals surface area contributed by atoms with Gasteiger partial charge in [-0.15, -0.1) is 0 Å². The largest absolute Gasteiger partial charge is 0.383 e. The predicted molar refractivity (Wildman–Crippen MR) is 67.1 cm³/mol. The summed E-state index contributed by atoms with van der Waals surface area (Å²) in [6, 6.07) is 7.61. The van der Waals surface area contributed by atoms with Crippen LogP contribution >= 0.6 is 11.6 Å². The Bertz CT molecular complexity index is 487. The molecule has 0 aliphatic carbocycles. The lowest BCUT2D eigenvalue weighted by Crippen LogP contribution is -2.07. The Hall–Kier alpha value is -1.32. The van der Waals surface area contributed by atoms with Crippen molar-refractivity contribution in [1.82, 2.24) is 4.98 Å². The van der Waals surface area contributed by atoms with Crippen LogP contribution in [0.15, 0.2) is 30.5 Å². The first-order valence-corrected chi connectivity index (χ1v) is 5.46. The molecule has 0 aliphatic rings. The van der Waals surface area contributed by atoms with E-state index in [4.69, 9.17) is 16.3 Å². The van der Waals surface area contributed by atoms with Gasteiger partial charge in [0, 0.05) is 35.9 Å². The van der Waals surface area contributed by atoms with Gasteiger partial charge in [-0.1, -0.05) is 11.6 Å². The van der Waals surface area contributed by atoms with E-state index < -0.39 is 0 Å². The second kappa shape index (κ2) is 5.14. The van der Waals surface area contributed by atoms with Crippen LogP contribution in [-0.4, -0.2) is 25.2 Å². The molecular formula is C12H13ClN2O. The highest BCUT2D eigenvalue weighted by Crippen LogP contribution is 2.24. The van der Waals surface area contributed by atoms with E-state index in [-0.39, 0.29) is 0 Å². The number of aromatic nitrogens is 1. The molecule has 4 heteroatoms. The summed E-state index contributed by atoms with van der Waals surface area (Å²) in [7, 11) is 1.68. The van der Waals surface area contributed by atoms with Gasteiger partial charge < -0.3 is 10.1 Å². The van der Waals surface area contributed by atoms with Crippen molar-refractivity contribution in [3.05, 3.63) is 35.5 Å². The Balaban J connectivity index is 2.32. The topological polar surface area (TPSA) is 34.1 Å². The smallest absolute Gasteiger partial charge is 0.0723 e. The number of rotatable bonds is 4. The second-order valence-corrected chi connectivity index (χ2v) is 3.88. The zero-order valence-corrected chi connectivity index (χ0v) is 9.79. The molecule has 0 bridgehead atoms. The van der Waals surface area contributed by atoms with Crippen LogP contribution in [0, 0.1) is 0 Å². The minimum Gasteiger partial charge on any atom is -0.383 e. The predicted octanol–water partition coefficient (Wildman–Crippen LogP) is 2.95. The summed E-state index contributed by atoms with van der Waals surface area (Å²) in [4.78, 5) is 4.28. The number of hydrogen-bond donors (Lipinski definition) is 1. The Morgan fingerprint density at radius 1 is 1.38 bits per heavy atom. The first-order valence-electron chi connectivity index (χ1n) is 5.08. The van der Waals surface area contributed by atoms with Crippen molar-refractivity contribution < 1.29 is 4.74 Å². The summed E-state index contributed by atoms with van der Waals surface area (Å²) < 4.78 is 5.00. The average Bonchev–Trinajstić information content (AvgIpc) is 2.30. The number of nitrogens with zero attached hydrogens (tertiary/aromatic N) is 1. The van der Waals surface area contributed by atoms with E-state index in [1.165, 1.54) is 0 Å². The van der Waals surface area contributed by atoms with Gasteiger partial charge in [-0.05, 0) is 24.3 Å². The highest BCUT2D eigenvalue weighted by Gasteiger charge is 2.01. The molecule has 1 aromatic heterocycles. The van der Waals surface area contributed by atoms with Gasteiger partial charge >= 0.3 is 0 Å². The van der Waals surface area contributed by atoms with Gasteiger partial charge in [0.05, 0.1) is 12.1 Å². The maximum atomic E-state index is 5.97. The monoisotopic (exact) mass is 236 g/mol. The average molecular weight is 237 g/mol. The maximum absolute atomic E-state index is 5.97. The molecule has 0 saturated carbocycles. The van der Waals surface area contributed by atoms with Crippen molar-refractivity contribution in [3.63, 3.8) is 0 Å². The number of fused-ring (bicyclic) bond motifs is 1. The lowest BCUT2D eigenvalue weighted by molar-refractivity contribution is 0.211. The van der Waals surface area contributed by atoms with E-state index in [2.05, 4.69) is 10.3 Å². The van der Waals surface area contributed by atoms with E-state index in [0.29, 0.717) is 6.61 Å². The van der Waals surface area contributed by atoms with Crippen molar-refractivity contribution in [2.24, 2.45) is 0 Å². The summed E-state index contributed by atoms with van der Waals surface area (Å²) in [6.45, 7) is 1.44. The summed E-state index contributed by atoms with van der Waals surface area (Å²) >= 11 is 5.97. The van der Waals surface area contributed by atoms with Crippen molar-refractivity contribution in [2.45, 2.75) is 0 Å². The molecule has 0 amide bonds. The van der Waals surface area contributed by atoms with Crippen molar-refractivity contribution in [3.8, 4) is 0 Å². The van der Waals surface area contributed by atoms with Crippen LogP contribution in [0.5, 0.6) is 0 Å². The molecular weight excluding hydrogens is 224 g/mol. The fourth-order valence-corrected chi connectivity index (χ4v) is 1.73. The number of nitrogens with one attached hydrogen (secondary N) is 1. The zero-order chi connectivity index (χ0) is 11.4. The first kappa shape index (κ1) is 11.2. The van der Waals surface area contributed by atoms with E-state index in [0.717, 1.165) is 28.2 Å². The molecule has 0 radical (unpaired) electrons. The van der Waals surface area contributed by atoms with Gasteiger partial charge in [0.15, 0.2) is 0 Å². The molecule has 84 valence electrons. The number of anilines is 1. The number of ether oxygens (including phenoxy) is 1. The fraction of sp³-hybridized carbons (Fsp3) is 0.250. The Morgan fingerprint density at radius 2 is 2.25 bits per heavy atom. The minimum absolute atomic E-state index is 0.671. The molecule has 0 saturated heterocycles. The third-order valence-corrected chi connectivity index (χ3v) is 2.56. The molecule has 0 fully saturated rings. The Labute approximate surface area is 99.4 Å². The lowest BCUT2D eigenvalue weighted by atomic mass is 10.2. The third-order valence-electron chi connectivity index (χ3n) is 2.33. The van der Waals surface area contributed by atoms with Gasteiger partial charge in [-0.3, -0.25) is 4.98 Å². The van der Waals surface area contributed by atoms with Gasteiger partial charge in [-0.25, -0.2) is 0 Å². The quantitative estimate of drug-likeness (QED) is 0.829. The van der Waals surface area contributed by atoms with E-state index in [1.807, 2.05) is 24.3 Å². The third kappa shape index (κ3) is 2.43. The summed E-state index contributed by atoms with van der Waals surface area (Å²) in [5, 5.41) is 5.04. The summed E-state index contributed by atoms with van der Waals surface area (Å²) in [5.41, 5.74) is 1.97. The van der Waals surface area contributed by atoms with Gasteiger partial charge in [0.25, 0.3) is 0 Å². The molecule has 3 nitrogen and oxygen atoms in total. The van der Waals surface area contributed by atoms with Crippen molar-refractivity contribution in [1.29, 1.82) is 0 Å². The lowest BCUT2D eigenvalue weighted by Gasteiger charge is -2.08. The summed E-state index contributed by atoms with van der Waals surface area (Å²) in [6.07, 6.45) is 1.78. The number of benzene rings is 1. The van der Waals surface area contributed by atoms with E-state index >= 15 is 0 Å². The Kier molecular flexibility index (Phi) is 3.59. The van der Waals surface area contributed by atoms with Crippen LogP contribution in [0.2, 0.25) is 5.02 Å². The highest BCUT2D eigenvalue weighted by molar-refractivity contribution is 6.31. The van der Waals surface area contributed by atoms with E-state index in [1.54, 1.807) is 13.3 Å². The molecule has 1 aromatic carbocycles. The van der Waals surface area contributed by atoms with Gasteiger partial charge in [-0.2, -0.15) is 0 Å². The number of hydrogen-bond acceptors (Lipinski definition) is 3. The normalized spacial score (nSPS) is 10.6. The van der Waals surface area contributed by atoms with Crippen LogP contribution in [0.3, 0.4) is 0 Å². The first-order chi connectivity index (χ1) is 7.81. The van der Waals surface area contributed by atoms with Crippen molar-refractivity contribution in [2.75, 3.05) is 25.6 Å². The van der Waals surface area contributed by atoms with Gasteiger partial charge in [0.1, 0.15) is 0 Å². The molecule has 0 aliphatic heterocycles. The second-order valence-electron chi connectivity index (χ2n) is 3.44. The molecule has 1 N–H and O–H groups in total. The number of halogens is 1. The highest BCUT2D eigenvalue weighted by atomic mass is 35.5. The van der Waals surface area contributed by atoms with Crippen molar-refractivity contribution >= 4 is 28.2 Å². The molecule has 0 atom stereocenters. The standard InChI is InChI=1S/C12H13ClN2O/c1-16-7-6-15-12-4-5-14-11-3-2-9(13)8-10(11)12/h2-5,8H,6-7H2,1H3,(H,14,15). The molecule has 1 heterocycles. The van der Waals surface area contributed by atoms with E-state index in [9.17, 15) is 0 Å². The zero-order valence-electron chi connectivity index (χ0n) is 9.03. The number of methoxy groups -OCH3 is 1. The molecule has 0 spiro atoms. The van der Waals surface area contributed by atoms with Crippen LogP contribution < -0.4 is 5.32 Å². The fourth-order valence-electron chi connectivity index (χ4n) is 1.56. The molecule has 16 heavy (non-hydrogen) atoms. The molecule has 2 aromatic rings. The number of pyridine rings is 1. The van der Waals surface area contributed by atoms with Crippen LogP contribution in [0.1, 0.15) is 0 Å². The van der Waals surface area contributed by atoms with Crippen LogP contribution in [0.25, 0.3) is 10.9 Å². The molecule has 2 rings (SSSR count). The Morgan fingerprint density at radius 3 is 3.06 bits per heavy atom. The SMILES string of the molecule is COCCNc1ccnc2ccc(Cl)cc12. The maximum Gasteiger partial charge on any atom is 0.0723 e. The summed E-state index contributed by atoms with van der Waals surface area (Å²) in [5.74, 6) is 0.